The number of carbonyl (C=O) groups is 2. The molecule has 1 saturated carbocycles. The number of aromatic nitrogens is 6. The number of nitrogens with zero attached hydrogens (tertiary/aromatic N) is 7. The Kier molecular flexibility index (Phi) is 4.27. The number of nitrogens with one attached hydrogen (secondary N) is 1. The molecule has 1 aliphatic heterocycles. The molecule has 0 bridgehead atoms. The molecule has 10 nitrogen and oxygen atoms in total. The van der Waals surface area contributed by atoms with Crippen LogP contribution in [0.4, 0.5) is 11.6 Å². The van der Waals surface area contributed by atoms with Crippen molar-refractivity contribution in [2.75, 3.05) is 16.8 Å². The van der Waals surface area contributed by atoms with Gasteiger partial charge in [0.2, 0.25) is 11.9 Å². The molecule has 4 heterocycles. The Bertz CT molecular complexity index is 1160. The molecule has 30 heavy (non-hydrogen) atoms. The van der Waals surface area contributed by atoms with Crippen molar-refractivity contribution in [3.8, 4) is 0 Å². The average molecular weight is 404 g/mol. The smallest absolute Gasteiger partial charge is 0.276 e. The summed E-state index contributed by atoms with van der Waals surface area (Å²) in [6.45, 7) is 4.79. The van der Waals surface area contributed by atoms with Crippen molar-refractivity contribution >= 4 is 23.5 Å². The Hall–Kier alpha value is -3.69. The zero-order valence-electron chi connectivity index (χ0n) is 16.6. The van der Waals surface area contributed by atoms with Gasteiger partial charge >= 0.3 is 0 Å². The van der Waals surface area contributed by atoms with E-state index in [4.69, 9.17) is 0 Å². The molecule has 0 aromatic carbocycles. The first-order valence-corrected chi connectivity index (χ1v) is 9.75. The zero-order valence-corrected chi connectivity index (χ0v) is 16.6. The maximum Gasteiger partial charge on any atom is 0.276 e. The van der Waals surface area contributed by atoms with E-state index in [1.165, 1.54) is 6.20 Å². The Morgan fingerprint density at radius 2 is 2.00 bits per heavy atom. The van der Waals surface area contributed by atoms with Crippen LogP contribution in [0.25, 0.3) is 0 Å². The first-order valence-electron chi connectivity index (χ1n) is 9.75. The number of anilines is 2. The molecule has 0 spiro atoms. The standard InChI is InChI=1S/C20H20N8O2/c1-11-14(6-23-20(25-11)28-9-13-5-16(13)19(28)30)8-27-10-15(7-24-27)26-18(29)17-12(2)21-3-4-22-17/h3-4,6-7,10,13,16H,5,8-9H2,1-2H3,(H,26,29)/t13-,16+/m1/s1. The molecule has 2 atom stereocenters. The van der Waals surface area contributed by atoms with Crippen LogP contribution in [0.2, 0.25) is 0 Å². The van der Waals surface area contributed by atoms with Crippen LogP contribution in [-0.2, 0) is 11.3 Å². The van der Waals surface area contributed by atoms with Crippen LogP contribution in [0.15, 0.2) is 31.0 Å². The van der Waals surface area contributed by atoms with E-state index in [0.29, 0.717) is 29.8 Å². The predicted molar refractivity (Wildman–Crippen MR) is 107 cm³/mol. The summed E-state index contributed by atoms with van der Waals surface area (Å²) >= 11 is 0. The largest absolute Gasteiger partial charge is 0.318 e. The van der Waals surface area contributed by atoms with Crippen LogP contribution in [0.1, 0.15) is 33.9 Å². The molecule has 2 aliphatic rings. The summed E-state index contributed by atoms with van der Waals surface area (Å²) in [5.74, 6) is 0.929. The number of rotatable bonds is 5. The van der Waals surface area contributed by atoms with E-state index < -0.39 is 0 Å². The Morgan fingerprint density at radius 1 is 1.17 bits per heavy atom. The topological polar surface area (TPSA) is 119 Å². The minimum atomic E-state index is -0.336. The fourth-order valence-corrected chi connectivity index (χ4v) is 3.73. The maximum atomic E-state index is 12.4. The van der Waals surface area contributed by atoms with Crippen LogP contribution in [-0.4, -0.2) is 48.1 Å². The van der Waals surface area contributed by atoms with E-state index >= 15 is 0 Å². The minimum absolute atomic E-state index is 0.137. The number of aryl methyl sites for hydroxylation is 2. The van der Waals surface area contributed by atoms with Gasteiger partial charge < -0.3 is 5.32 Å². The molecule has 2 fully saturated rings. The van der Waals surface area contributed by atoms with Crippen LogP contribution in [0.3, 0.4) is 0 Å². The van der Waals surface area contributed by atoms with Crippen molar-refractivity contribution < 1.29 is 9.59 Å². The van der Waals surface area contributed by atoms with Crippen molar-refractivity contribution in [1.82, 2.24) is 29.7 Å². The maximum absolute atomic E-state index is 12.4. The molecule has 1 saturated heterocycles. The lowest BCUT2D eigenvalue weighted by Crippen LogP contribution is -2.30. The molecule has 152 valence electrons. The van der Waals surface area contributed by atoms with Crippen molar-refractivity contribution in [2.45, 2.75) is 26.8 Å². The highest BCUT2D eigenvalue weighted by molar-refractivity contribution is 6.03. The van der Waals surface area contributed by atoms with Gasteiger partial charge in [-0.15, -0.1) is 0 Å². The Labute approximate surface area is 172 Å². The molecule has 3 aromatic heterocycles. The van der Waals surface area contributed by atoms with Gasteiger partial charge in [-0.2, -0.15) is 5.10 Å². The SMILES string of the molecule is Cc1nc(N2C[C@H]3C[C@@H]3C2=O)ncc1Cn1cc(NC(=O)c2nccnc2C)cn1. The van der Waals surface area contributed by atoms with Crippen molar-refractivity contribution in [3.63, 3.8) is 0 Å². The van der Waals surface area contributed by atoms with Gasteiger partial charge in [0.05, 0.1) is 24.1 Å². The highest BCUT2D eigenvalue weighted by Gasteiger charge is 2.53. The molecule has 2 amide bonds. The van der Waals surface area contributed by atoms with Crippen LogP contribution >= 0.6 is 0 Å². The monoisotopic (exact) mass is 404 g/mol. The molecule has 0 radical (unpaired) electrons. The number of fused-ring (bicyclic) bond motifs is 1. The summed E-state index contributed by atoms with van der Waals surface area (Å²) in [6.07, 6.45) is 9.06. The first kappa shape index (κ1) is 18.3. The third kappa shape index (κ3) is 3.30. The van der Waals surface area contributed by atoms with Gasteiger partial charge in [0.1, 0.15) is 5.69 Å². The lowest BCUT2D eigenvalue weighted by molar-refractivity contribution is -0.118. The van der Waals surface area contributed by atoms with E-state index in [2.05, 4.69) is 30.4 Å². The summed E-state index contributed by atoms with van der Waals surface area (Å²) in [7, 11) is 0. The van der Waals surface area contributed by atoms with Crippen LogP contribution in [0, 0.1) is 25.7 Å². The summed E-state index contributed by atoms with van der Waals surface area (Å²) in [6, 6.07) is 0. The molecule has 0 unspecified atom stereocenters. The molecular formula is C20H20N8O2. The Morgan fingerprint density at radius 3 is 2.73 bits per heavy atom. The van der Waals surface area contributed by atoms with E-state index in [-0.39, 0.29) is 23.4 Å². The summed E-state index contributed by atoms with van der Waals surface area (Å²) in [5.41, 5.74) is 3.08. The third-order valence-electron chi connectivity index (χ3n) is 5.55. The second kappa shape index (κ2) is 6.97. The van der Waals surface area contributed by atoms with E-state index in [9.17, 15) is 9.59 Å². The fourth-order valence-electron chi connectivity index (χ4n) is 3.73. The van der Waals surface area contributed by atoms with Gasteiger partial charge in [-0.05, 0) is 26.2 Å². The molecule has 1 N–H and O–H groups in total. The normalized spacial score (nSPS) is 19.7. The summed E-state index contributed by atoms with van der Waals surface area (Å²) < 4.78 is 1.70. The number of piperidine rings is 1. The van der Waals surface area contributed by atoms with Gasteiger partial charge in [-0.25, -0.2) is 15.0 Å². The number of carbonyl (C=O) groups excluding carboxylic acids is 2. The first-order chi connectivity index (χ1) is 14.5. The highest BCUT2D eigenvalue weighted by atomic mass is 16.2. The summed E-state index contributed by atoms with van der Waals surface area (Å²) in [4.78, 5) is 43.4. The minimum Gasteiger partial charge on any atom is -0.318 e. The number of hydrogen-bond donors (Lipinski definition) is 1. The zero-order chi connectivity index (χ0) is 20.8. The van der Waals surface area contributed by atoms with Crippen molar-refractivity contribution in [2.24, 2.45) is 11.8 Å². The molecule has 10 heteroatoms. The Balaban J connectivity index is 1.26. The van der Waals surface area contributed by atoms with E-state index in [1.54, 1.807) is 41.3 Å². The highest BCUT2D eigenvalue weighted by Crippen LogP contribution is 2.46. The molecular weight excluding hydrogens is 384 g/mol. The van der Waals surface area contributed by atoms with Crippen molar-refractivity contribution in [3.05, 3.63) is 53.6 Å². The van der Waals surface area contributed by atoms with Crippen LogP contribution in [0.5, 0.6) is 0 Å². The van der Waals surface area contributed by atoms with Gasteiger partial charge in [-0.3, -0.25) is 24.2 Å². The van der Waals surface area contributed by atoms with Crippen molar-refractivity contribution in [1.29, 1.82) is 0 Å². The quantitative estimate of drug-likeness (QED) is 0.682. The number of hydrogen-bond acceptors (Lipinski definition) is 7. The summed E-state index contributed by atoms with van der Waals surface area (Å²) in [5, 5.41) is 7.07. The molecule has 5 rings (SSSR count). The molecule has 1 aliphatic carbocycles. The lowest BCUT2D eigenvalue weighted by Gasteiger charge is -2.17. The third-order valence-corrected chi connectivity index (χ3v) is 5.55. The second-order valence-corrected chi connectivity index (χ2v) is 7.70. The number of amides is 2. The van der Waals surface area contributed by atoms with Gasteiger partial charge in [0.15, 0.2) is 0 Å². The second-order valence-electron chi connectivity index (χ2n) is 7.70. The molecule has 3 aromatic rings. The average Bonchev–Trinajstić information content (AvgIpc) is 3.25. The van der Waals surface area contributed by atoms with Gasteiger partial charge in [0.25, 0.3) is 5.91 Å². The van der Waals surface area contributed by atoms with Crippen LogP contribution < -0.4 is 10.2 Å². The predicted octanol–water partition coefficient (Wildman–Crippen LogP) is 1.36. The van der Waals surface area contributed by atoms with E-state index in [1.807, 2.05) is 6.92 Å². The fraction of sp³-hybridized carbons (Fsp3) is 0.350. The van der Waals surface area contributed by atoms with Gasteiger partial charge in [-0.1, -0.05) is 0 Å². The lowest BCUT2D eigenvalue weighted by atomic mass is 10.2. The van der Waals surface area contributed by atoms with E-state index in [0.717, 1.165) is 24.2 Å². The van der Waals surface area contributed by atoms with Gasteiger partial charge in [0, 0.05) is 48.5 Å².